The summed E-state index contributed by atoms with van der Waals surface area (Å²) in [5.41, 5.74) is 7.40. The molecule has 1 amide bonds. The van der Waals surface area contributed by atoms with E-state index in [0.717, 1.165) is 11.4 Å². The van der Waals surface area contributed by atoms with Crippen molar-refractivity contribution in [2.24, 2.45) is 17.6 Å². The zero-order chi connectivity index (χ0) is 14.6. The number of hydrogen-bond acceptors (Lipinski definition) is 3. The van der Waals surface area contributed by atoms with Crippen molar-refractivity contribution in [1.82, 2.24) is 0 Å². The normalized spacial score (nSPS) is 12.1. The van der Waals surface area contributed by atoms with Crippen LogP contribution in [0.3, 0.4) is 0 Å². The van der Waals surface area contributed by atoms with E-state index in [9.17, 15) is 4.79 Å². The van der Waals surface area contributed by atoms with Crippen LogP contribution >= 0.6 is 12.2 Å². The Morgan fingerprint density at radius 2 is 2.00 bits per heavy atom. The van der Waals surface area contributed by atoms with Crippen molar-refractivity contribution in [2.75, 3.05) is 24.3 Å². The lowest BCUT2D eigenvalue weighted by molar-refractivity contribution is -0.118. The van der Waals surface area contributed by atoms with Crippen molar-refractivity contribution in [3.8, 4) is 0 Å². The minimum Gasteiger partial charge on any atom is -0.393 e. The van der Waals surface area contributed by atoms with Crippen LogP contribution in [0.4, 0.5) is 11.4 Å². The fourth-order valence-electron chi connectivity index (χ4n) is 1.84. The number of anilines is 2. The molecule has 5 heteroatoms. The molecule has 0 aliphatic carbocycles. The molecule has 3 N–H and O–H groups in total. The highest BCUT2D eigenvalue weighted by Gasteiger charge is 2.25. The van der Waals surface area contributed by atoms with E-state index in [0.29, 0.717) is 0 Å². The summed E-state index contributed by atoms with van der Waals surface area (Å²) in [6.07, 6.45) is 0. The lowest BCUT2D eigenvalue weighted by Crippen LogP contribution is -2.36. The third-order valence-corrected chi connectivity index (χ3v) is 3.14. The fourth-order valence-corrected chi connectivity index (χ4v) is 2.22. The molecule has 19 heavy (non-hydrogen) atoms. The quantitative estimate of drug-likeness (QED) is 0.812. The summed E-state index contributed by atoms with van der Waals surface area (Å²) >= 11 is 4.96. The first-order valence-electron chi connectivity index (χ1n) is 6.20. The van der Waals surface area contributed by atoms with Gasteiger partial charge in [0.05, 0.1) is 10.9 Å². The number of thiocarbonyl (C=S) groups is 1. The van der Waals surface area contributed by atoms with Crippen LogP contribution in [0.5, 0.6) is 0 Å². The maximum absolute atomic E-state index is 12.2. The molecule has 0 heterocycles. The third-order valence-electron chi connectivity index (χ3n) is 2.89. The second kappa shape index (κ2) is 6.52. The van der Waals surface area contributed by atoms with Crippen LogP contribution in [0.15, 0.2) is 24.3 Å². The van der Waals surface area contributed by atoms with Gasteiger partial charge in [-0.05, 0) is 24.1 Å². The molecule has 0 bridgehead atoms. The molecule has 1 aromatic carbocycles. The summed E-state index contributed by atoms with van der Waals surface area (Å²) in [5, 5.41) is 2.87. The molecule has 0 spiro atoms. The van der Waals surface area contributed by atoms with Gasteiger partial charge in [-0.1, -0.05) is 32.1 Å². The van der Waals surface area contributed by atoms with E-state index in [1.165, 1.54) is 0 Å². The Kier molecular flexibility index (Phi) is 5.30. The van der Waals surface area contributed by atoms with E-state index < -0.39 is 5.92 Å². The Morgan fingerprint density at radius 3 is 2.47 bits per heavy atom. The van der Waals surface area contributed by atoms with E-state index in [1.54, 1.807) is 0 Å². The van der Waals surface area contributed by atoms with Crippen LogP contribution in [0, 0.1) is 11.8 Å². The van der Waals surface area contributed by atoms with Gasteiger partial charge in [-0.2, -0.15) is 0 Å². The summed E-state index contributed by atoms with van der Waals surface area (Å²) in [4.78, 5) is 14.4. The van der Waals surface area contributed by atoms with Gasteiger partial charge in [0.15, 0.2) is 0 Å². The number of rotatable bonds is 5. The highest BCUT2D eigenvalue weighted by molar-refractivity contribution is 7.80. The minimum atomic E-state index is -0.446. The molecule has 0 aliphatic heterocycles. The maximum atomic E-state index is 12.2. The van der Waals surface area contributed by atoms with Gasteiger partial charge in [0.1, 0.15) is 0 Å². The average Bonchev–Trinajstić information content (AvgIpc) is 2.27. The van der Waals surface area contributed by atoms with Crippen LogP contribution < -0.4 is 16.0 Å². The first kappa shape index (κ1) is 15.4. The Labute approximate surface area is 120 Å². The van der Waals surface area contributed by atoms with E-state index in [4.69, 9.17) is 18.0 Å². The molecule has 0 fully saturated rings. The molecule has 0 saturated heterocycles. The molecule has 0 aromatic heterocycles. The predicted molar refractivity (Wildman–Crippen MR) is 84.5 cm³/mol. The summed E-state index contributed by atoms with van der Waals surface area (Å²) in [7, 11) is 3.90. The van der Waals surface area contributed by atoms with Gasteiger partial charge in [-0.3, -0.25) is 4.79 Å². The number of nitrogens with one attached hydrogen (secondary N) is 1. The molecule has 1 atom stereocenters. The number of carbonyl (C=O) groups excluding carboxylic acids is 1. The van der Waals surface area contributed by atoms with Crippen molar-refractivity contribution in [1.29, 1.82) is 0 Å². The van der Waals surface area contributed by atoms with Crippen molar-refractivity contribution in [2.45, 2.75) is 13.8 Å². The Hall–Kier alpha value is -1.62. The second-order valence-electron chi connectivity index (χ2n) is 5.06. The smallest absolute Gasteiger partial charge is 0.234 e. The van der Waals surface area contributed by atoms with Crippen LogP contribution in [0.2, 0.25) is 0 Å². The van der Waals surface area contributed by atoms with Crippen molar-refractivity contribution >= 4 is 34.5 Å². The second-order valence-corrected chi connectivity index (χ2v) is 5.53. The lowest BCUT2D eigenvalue weighted by Gasteiger charge is -2.19. The van der Waals surface area contributed by atoms with Gasteiger partial charge in [0.25, 0.3) is 0 Å². The van der Waals surface area contributed by atoms with Gasteiger partial charge in [-0.25, -0.2) is 0 Å². The minimum absolute atomic E-state index is 0.0783. The molecule has 104 valence electrons. The molecule has 0 saturated carbocycles. The highest BCUT2D eigenvalue weighted by atomic mass is 32.1. The van der Waals surface area contributed by atoms with Crippen molar-refractivity contribution in [3.05, 3.63) is 24.3 Å². The van der Waals surface area contributed by atoms with Crippen LogP contribution in [-0.4, -0.2) is 25.0 Å². The maximum Gasteiger partial charge on any atom is 0.234 e. The first-order chi connectivity index (χ1) is 8.82. The standard InChI is InChI=1S/C14H21N3OS/c1-9(2)12(13(15)19)14(18)16-10-6-5-7-11(8-10)17(3)4/h5-9,12H,1-4H3,(H2,15,19)(H,16,18). The molecule has 1 rings (SSSR count). The van der Waals surface area contributed by atoms with Crippen LogP contribution in [0.1, 0.15) is 13.8 Å². The van der Waals surface area contributed by atoms with Gasteiger partial charge < -0.3 is 16.0 Å². The van der Waals surface area contributed by atoms with Gasteiger partial charge in [0.2, 0.25) is 5.91 Å². The first-order valence-corrected chi connectivity index (χ1v) is 6.61. The largest absolute Gasteiger partial charge is 0.393 e. The Balaban J connectivity index is 2.87. The molecular formula is C14H21N3OS. The summed E-state index contributed by atoms with van der Waals surface area (Å²) < 4.78 is 0. The average molecular weight is 279 g/mol. The van der Waals surface area contributed by atoms with Gasteiger partial charge in [0, 0.05) is 25.5 Å². The van der Waals surface area contributed by atoms with Gasteiger partial charge in [-0.15, -0.1) is 0 Å². The van der Waals surface area contributed by atoms with Gasteiger partial charge >= 0.3 is 0 Å². The zero-order valence-corrected chi connectivity index (χ0v) is 12.6. The number of benzene rings is 1. The monoisotopic (exact) mass is 279 g/mol. The van der Waals surface area contributed by atoms with Crippen LogP contribution in [0.25, 0.3) is 0 Å². The Bertz CT molecular complexity index is 472. The fraction of sp³-hybridized carbons (Fsp3) is 0.429. The number of nitrogens with two attached hydrogens (primary N) is 1. The summed E-state index contributed by atoms with van der Waals surface area (Å²) in [5.74, 6) is -0.522. The summed E-state index contributed by atoms with van der Waals surface area (Å²) in [6.45, 7) is 3.86. The lowest BCUT2D eigenvalue weighted by atomic mass is 9.95. The topological polar surface area (TPSA) is 58.4 Å². The number of nitrogens with zero attached hydrogens (tertiary/aromatic N) is 1. The molecule has 0 radical (unpaired) electrons. The third kappa shape index (κ3) is 4.21. The number of hydrogen-bond donors (Lipinski definition) is 2. The van der Waals surface area contributed by atoms with Crippen molar-refractivity contribution < 1.29 is 4.79 Å². The van der Waals surface area contributed by atoms with Crippen LogP contribution in [-0.2, 0) is 4.79 Å². The molecule has 1 aromatic rings. The Morgan fingerprint density at radius 1 is 1.37 bits per heavy atom. The molecule has 0 aliphatic rings. The number of amides is 1. The molecule has 1 unspecified atom stereocenters. The SMILES string of the molecule is CC(C)C(C(=O)Nc1cccc(N(C)C)c1)C(N)=S. The predicted octanol–water partition coefficient (Wildman–Crippen LogP) is 2.25. The van der Waals surface area contributed by atoms with E-state index >= 15 is 0 Å². The molecular weight excluding hydrogens is 258 g/mol. The molecule has 4 nitrogen and oxygen atoms in total. The van der Waals surface area contributed by atoms with Crippen molar-refractivity contribution in [3.63, 3.8) is 0 Å². The highest BCUT2D eigenvalue weighted by Crippen LogP contribution is 2.19. The van der Waals surface area contributed by atoms with E-state index in [2.05, 4.69) is 5.32 Å². The van der Waals surface area contributed by atoms with E-state index in [1.807, 2.05) is 57.1 Å². The summed E-state index contributed by atoms with van der Waals surface area (Å²) in [6, 6.07) is 7.63. The number of carbonyl (C=O) groups is 1. The van der Waals surface area contributed by atoms with E-state index in [-0.39, 0.29) is 16.8 Å². The zero-order valence-electron chi connectivity index (χ0n) is 11.8.